The fourth-order valence-corrected chi connectivity index (χ4v) is 1.54. The van der Waals surface area contributed by atoms with E-state index < -0.39 is 23.0 Å². The molecule has 0 spiro atoms. The SMILES string of the molecule is Cc1ccnc(-c2c(F)cc(F)cc2F)c1N. The number of nitrogen functional groups attached to an aromatic ring is 1. The average molecular weight is 238 g/mol. The smallest absolute Gasteiger partial charge is 0.138 e. The molecule has 0 amide bonds. The average Bonchev–Trinajstić information content (AvgIpc) is 2.23. The first-order valence-electron chi connectivity index (χ1n) is 4.86. The topological polar surface area (TPSA) is 38.9 Å². The lowest BCUT2D eigenvalue weighted by Gasteiger charge is -2.09. The summed E-state index contributed by atoms with van der Waals surface area (Å²) >= 11 is 0. The first-order chi connectivity index (χ1) is 8.00. The second-order valence-electron chi connectivity index (χ2n) is 3.63. The summed E-state index contributed by atoms with van der Waals surface area (Å²) in [4.78, 5) is 3.83. The highest BCUT2D eigenvalue weighted by molar-refractivity contribution is 5.75. The fraction of sp³-hybridized carbons (Fsp3) is 0.0833. The number of nitrogens with zero attached hydrogens (tertiary/aromatic N) is 1. The quantitative estimate of drug-likeness (QED) is 0.829. The van der Waals surface area contributed by atoms with E-state index in [1.54, 1.807) is 13.0 Å². The van der Waals surface area contributed by atoms with Gasteiger partial charge in [0.15, 0.2) is 0 Å². The van der Waals surface area contributed by atoms with Crippen molar-refractivity contribution in [3.63, 3.8) is 0 Å². The molecule has 2 nitrogen and oxygen atoms in total. The minimum Gasteiger partial charge on any atom is -0.397 e. The Morgan fingerprint density at radius 3 is 2.29 bits per heavy atom. The Kier molecular flexibility index (Phi) is 2.75. The molecule has 1 aromatic heterocycles. The number of nitrogens with two attached hydrogens (primary N) is 1. The zero-order valence-corrected chi connectivity index (χ0v) is 8.97. The third-order valence-electron chi connectivity index (χ3n) is 2.45. The maximum atomic E-state index is 13.5. The van der Waals surface area contributed by atoms with Crippen molar-refractivity contribution in [3.05, 3.63) is 47.4 Å². The number of benzene rings is 1. The third kappa shape index (κ3) is 1.95. The van der Waals surface area contributed by atoms with Gasteiger partial charge in [-0.25, -0.2) is 13.2 Å². The normalized spacial score (nSPS) is 10.6. The number of aryl methyl sites for hydroxylation is 1. The third-order valence-corrected chi connectivity index (χ3v) is 2.45. The lowest BCUT2D eigenvalue weighted by molar-refractivity contribution is 0.547. The molecule has 0 unspecified atom stereocenters. The monoisotopic (exact) mass is 238 g/mol. The van der Waals surface area contributed by atoms with Gasteiger partial charge in [0.2, 0.25) is 0 Å². The van der Waals surface area contributed by atoms with E-state index in [4.69, 9.17) is 5.73 Å². The van der Waals surface area contributed by atoms with E-state index in [-0.39, 0.29) is 11.4 Å². The first kappa shape index (κ1) is 11.4. The van der Waals surface area contributed by atoms with Crippen molar-refractivity contribution in [3.8, 4) is 11.3 Å². The molecule has 0 bridgehead atoms. The van der Waals surface area contributed by atoms with Gasteiger partial charge in [0, 0.05) is 18.3 Å². The van der Waals surface area contributed by atoms with Crippen LogP contribution in [0.5, 0.6) is 0 Å². The van der Waals surface area contributed by atoms with Crippen molar-refractivity contribution in [1.82, 2.24) is 4.98 Å². The lowest BCUT2D eigenvalue weighted by Crippen LogP contribution is -2.00. The Balaban J connectivity index is 2.73. The molecule has 17 heavy (non-hydrogen) atoms. The van der Waals surface area contributed by atoms with Crippen molar-refractivity contribution in [2.75, 3.05) is 5.73 Å². The second-order valence-corrected chi connectivity index (χ2v) is 3.63. The van der Waals surface area contributed by atoms with Crippen LogP contribution in [-0.2, 0) is 0 Å². The molecule has 0 aliphatic heterocycles. The molecule has 0 radical (unpaired) electrons. The molecule has 5 heteroatoms. The molecule has 0 aliphatic rings. The summed E-state index contributed by atoms with van der Waals surface area (Å²) in [5.41, 5.74) is 6.11. The standard InChI is InChI=1S/C12H9F3N2/c1-6-2-3-17-12(11(6)16)10-8(14)4-7(13)5-9(10)15/h2-5H,16H2,1H3. The zero-order valence-electron chi connectivity index (χ0n) is 8.97. The van der Waals surface area contributed by atoms with Crippen LogP contribution in [0.4, 0.5) is 18.9 Å². The molecular formula is C12H9F3N2. The van der Waals surface area contributed by atoms with E-state index >= 15 is 0 Å². The number of hydrogen-bond acceptors (Lipinski definition) is 2. The Bertz CT molecular complexity index is 559. The number of pyridine rings is 1. The van der Waals surface area contributed by atoms with Crippen LogP contribution in [0.25, 0.3) is 11.3 Å². The Labute approximate surface area is 95.9 Å². The predicted octanol–water partition coefficient (Wildman–Crippen LogP) is 3.06. The van der Waals surface area contributed by atoms with Crippen LogP contribution in [0.2, 0.25) is 0 Å². The van der Waals surface area contributed by atoms with E-state index in [9.17, 15) is 13.2 Å². The van der Waals surface area contributed by atoms with Gasteiger partial charge in [0.25, 0.3) is 0 Å². The van der Waals surface area contributed by atoms with E-state index in [2.05, 4.69) is 4.98 Å². The minimum absolute atomic E-state index is 0.0139. The van der Waals surface area contributed by atoms with Gasteiger partial charge in [-0.2, -0.15) is 0 Å². The first-order valence-corrected chi connectivity index (χ1v) is 4.86. The molecule has 0 saturated carbocycles. The summed E-state index contributed by atoms with van der Waals surface area (Å²) in [6, 6.07) is 2.82. The summed E-state index contributed by atoms with van der Waals surface area (Å²) in [6.07, 6.45) is 1.39. The van der Waals surface area contributed by atoms with Gasteiger partial charge in [0.05, 0.1) is 16.9 Å². The summed E-state index contributed by atoms with van der Waals surface area (Å²) in [6.45, 7) is 1.69. The van der Waals surface area contributed by atoms with Crippen LogP contribution in [0, 0.1) is 24.4 Å². The molecule has 2 rings (SSSR count). The van der Waals surface area contributed by atoms with Crippen LogP contribution in [0.3, 0.4) is 0 Å². The van der Waals surface area contributed by atoms with Gasteiger partial charge < -0.3 is 5.73 Å². The number of halogens is 3. The van der Waals surface area contributed by atoms with Crippen LogP contribution in [0.15, 0.2) is 24.4 Å². The van der Waals surface area contributed by atoms with Crippen molar-refractivity contribution in [2.45, 2.75) is 6.92 Å². The summed E-state index contributed by atoms with van der Waals surface area (Å²) in [7, 11) is 0. The molecule has 0 fully saturated rings. The molecule has 1 aromatic carbocycles. The zero-order chi connectivity index (χ0) is 12.6. The van der Waals surface area contributed by atoms with Crippen molar-refractivity contribution in [2.24, 2.45) is 0 Å². The van der Waals surface area contributed by atoms with Crippen LogP contribution < -0.4 is 5.73 Å². The molecular weight excluding hydrogens is 229 g/mol. The van der Waals surface area contributed by atoms with Gasteiger partial charge in [-0.15, -0.1) is 0 Å². The largest absolute Gasteiger partial charge is 0.397 e. The molecule has 1 heterocycles. The Morgan fingerprint density at radius 1 is 1.12 bits per heavy atom. The van der Waals surface area contributed by atoms with E-state index in [1.165, 1.54) is 6.20 Å². The summed E-state index contributed by atoms with van der Waals surface area (Å²) in [5, 5.41) is 0. The van der Waals surface area contributed by atoms with Gasteiger partial charge in [-0.1, -0.05) is 0 Å². The van der Waals surface area contributed by atoms with E-state index in [0.29, 0.717) is 17.7 Å². The highest BCUT2D eigenvalue weighted by atomic mass is 19.1. The maximum Gasteiger partial charge on any atom is 0.138 e. The van der Waals surface area contributed by atoms with Crippen molar-refractivity contribution >= 4 is 5.69 Å². The Hall–Kier alpha value is -2.04. The lowest BCUT2D eigenvalue weighted by atomic mass is 10.1. The number of rotatable bonds is 1. The van der Waals surface area contributed by atoms with Crippen LogP contribution >= 0.6 is 0 Å². The molecule has 0 atom stereocenters. The van der Waals surface area contributed by atoms with E-state index in [0.717, 1.165) is 0 Å². The van der Waals surface area contributed by atoms with Crippen molar-refractivity contribution in [1.29, 1.82) is 0 Å². The highest BCUT2D eigenvalue weighted by Crippen LogP contribution is 2.30. The summed E-state index contributed by atoms with van der Waals surface area (Å²) in [5.74, 6) is -3.02. The highest BCUT2D eigenvalue weighted by Gasteiger charge is 2.17. The van der Waals surface area contributed by atoms with Gasteiger partial charge in [-0.3, -0.25) is 4.98 Å². The number of hydrogen-bond donors (Lipinski definition) is 1. The fourth-order valence-electron chi connectivity index (χ4n) is 1.54. The van der Waals surface area contributed by atoms with E-state index in [1.807, 2.05) is 0 Å². The maximum absolute atomic E-state index is 13.5. The van der Waals surface area contributed by atoms with Crippen LogP contribution in [-0.4, -0.2) is 4.98 Å². The van der Waals surface area contributed by atoms with Crippen molar-refractivity contribution < 1.29 is 13.2 Å². The predicted molar refractivity (Wildman–Crippen MR) is 58.7 cm³/mol. The molecule has 2 N–H and O–H groups in total. The van der Waals surface area contributed by atoms with Gasteiger partial charge >= 0.3 is 0 Å². The molecule has 0 saturated heterocycles. The minimum atomic E-state index is -1.02. The molecule has 0 aliphatic carbocycles. The number of anilines is 1. The van der Waals surface area contributed by atoms with Crippen LogP contribution in [0.1, 0.15) is 5.56 Å². The second kappa shape index (κ2) is 4.08. The molecule has 2 aromatic rings. The Morgan fingerprint density at radius 2 is 1.71 bits per heavy atom. The van der Waals surface area contributed by atoms with Gasteiger partial charge in [-0.05, 0) is 18.6 Å². The molecule has 88 valence electrons. The van der Waals surface area contributed by atoms with Gasteiger partial charge in [0.1, 0.15) is 17.5 Å². The number of aromatic nitrogens is 1. The summed E-state index contributed by atoms with van der Waals surface area (Å²) < 4.78 is 39.8.